The van der Waals surface area contributed by atoms with Crippen molar-refractivity contribution in [2.75, 3.05) is 4.72 Å². The van der Waals surface area contributed by atoms with Crippen LogP contribution in [0.25, 0.3) is 0 Å². The number of aryl methyl sites for hydroxylation is 3. The monoisotopic (exact) mass is 380 g/mol. The van der Waals surface area contributed by atoms with Gasteiger partial charge in [-0.3, -0.25) is 9.48 Å². The average Bonchev–Trinajstić information content (AvgIpc) is 3.11. The predicted octanol–water partition coefficient (Wildman–Crippen LogP) is 4.34. The molecule has 27 heavy (non-hydrogen) atoms. The highest BCUT2D eigenvalue weighted by Crippen LogP contribution is 2.25. The van der Waals surface area contributed by atoms with E-state index in [2.05, 4.69) is 46.3 Å². The first kappa shape index (κ1) is 19.0. The number of hydrogen-bond donors (Lipinski definition) is 2. The molecule has 140 valence electrons. The normalized spacial score (nSPS) is 10.6. The van der Waals surface area contributed by atoms with Gasteiger partial charge in [-0.05, 0) is 60.7 Å². The van der Waals surface area contributed by atoms with Gasteiger partial charge in [-0.2, -0.15) is 5.10 Å². The van der Waals surface area contributed by atoms with E-state index in [-0.39, 0.29) is 5.91 Å². The van der Waals surface area contributed by atoms with Crippen LogP contribution in [0.15, 0.2) is 59.8 Å². The minimum absolute atomic E-state index is 0.0980. The first-order valence-electron chi connectivity index (χ1n) is 8.93. The molecular weight excluding hydrogens is 356 g/mol. The van der Waals surface area contributed by atoms with Crippen LogP contribution in [0, 0.1) is 6.92 Å². The van der Waals surface area contributed by atoms with Gasteiger partial charge >= 0.3 is 0 Å². The van der Waals surface area contributed by atoms with Crippen LogP contribution in [0.1, 0.15) is 34.0 Å². The second-order valence-corrected chi connectivity index (χ2v) is 7.32. The van der Waals surface area contributed by atoms with Crippen molar-refractivity contribution in [3.05, 3.63) is 77.1 Å². The molecule has 3 aromatic rings. The summed E-state index contributed by atoms with van der Waals surface area (Å²) in [6.45, 7) is 4.64. The molecule has 6 heteroatoms. The molecule has 0 spiro atoms. The van der Waals surface area contributed by atoms with E-state index in [9.17, 15) is 4.79 Å². The van der Waals surface area contributed by atoms with Crippen molar-refractivity contribution in [1.82, 2.24) is 15.1 Å². The zero-order valence-corrected chi connectivity index (χ0v) is 16.6. The summed E-state index contributed by atoms with van der Waals surface area (Å²) in [6, 6.07) is 14.2. The van der Waals surface area contributed by atoms with Gasteiger partial charge in [-0.15, -0.1) is 0 Å². The van der Waals surface area contributed by atoms with E-state index in [0.717, 1.165) is 28.1 Å². The zero-order valence-electron chi connectivity index (χ0n) is 15.8. The third kappa shape index (κ3) is 5.14. The molecule has 1 aromatic heterocycles. The van der Waals surface area contributed by atoms with Gasteiger partial charge in [-0.25, -0.2) is 0 Å². The molecular formula is C21H24N4OS. The smallest absolute Gasteiger partial charge is 0.251 e. The number of anilines is 1. The summed E-state index contributed by atoms with van der Waals surface area (Å²) >= 11 is 1.55. The van der Waals surface area contributed by atoms with E-state index in [1.807, 2.05) is 38.4 Å². The van der Waals surface area contributed by atoms with Crippen LogP contribution in [-0.2, 0) is 20.0 Å². The molecule has 1 amide bonds. The van der Waals surface area contributed by atoms with Gasteiger partial charge in [0.1, 0.15) is 0 Å². The maximum Gasteiger partial charge on any atom is 0.251 e. The number of carbonyl (C=O) groups excluding carboxylic acids is 1. The summed E-state index contributed by atoms with van der Waals surface area (Å²) in [5.74, 6) is -0.0980. The molecule has 0 unspecified atom stereocenters. The summed E-state index contributed by atoms with van der Waals surface area (Å²) in [7, 11) is 1.86. The van der Waals surface area contributed by atoms with Crippen LogP contribution >= 0.6 is 11.9 Å². The molecule has 0 aliphatic rings. The predicted molar refractivity (Wildman–Crippen MR) is 111 cm³/mol. The molecule has 0 bridgehead atoms. The minimum Gasteiger partial charge on any atom is -0.348 e. The molecule has 1 heterocycles. The SMILES string of the molecule is CCc1ccc(SNc2cc(C(=O)NCc3cnn(C)c3)ccc2C)cc1. The number of amides is 1. The molecule has 0 aliphatic heterocycles. The Morgan fingerprint density at radius 3 is 2.59 bits per heavy atom. The number of hydrogen-bond acceptors (Lipinski definition) is 4. The molecule has 0 saturated carbocycles. The summed E-state index contributed by atoms with van der Waals surface area (Å²) in [5.41, 5.74) is 4.96. The second kappa shape index (κ2) is 8.77. The van der Waals surface area contributed by atoms with Crippen molar-refractivity contribution >= 4 is 23.5 Å². The maximum absolute atomic E-state index is 12.5. The lowest BCUT2D eigenvalue weighted by Gasteiger charge is -2.11. The number of nitrogens with zero attached hydrogens (tertiary/aromatic N) is 2. The highest BCUT2D eigenvalue weighted by atomic mass is 32.2. The summed E-state index contributed by atoms with van der Waals surface area (Å²) < 4.78 is 5.08. The Hall–Kier alpha value is -2.73. The van der Waals surface area contributed by atoms with Gasteiger partial charge < -0.3 is 10.0 Å². The molecule has 3 rings (SSSR count). The average molecular weight is 381 g/mol. The van der Waals surface area contributed by atoms with Crippen molar-refractivity contribution in [1.29, 1.82) is 0 Å². The second-order valence-electron chi connectivity index (χ2n) is 6.44. The first-order chi connectivity index (χ1) is 13.0. The Morgan fingerprint density at radius 2 is 1.93 bits per heavy atom. The lowest BCUT2D eigenvalue weighted by Crippen LogP contribution is -2.22. The molecule has 0 saturated heterocycles. The van der Waals surface area contributed by atoms with Crippen molar-refractivity contribution in [2.24, 2.45) is 7.05 Å². The fourth-order valence-electron chi connectivity index (χ4n) is 2.63. The number of nitrogens with one attached hydrogen (secondary N) is 2. The van der Waals surface area contributed by atoms with Gasteiger partial charge in [0, 0.05) is 41.5 Å². The Balaban J connectivity index is 1.63. The van der Waals surface area contributed by atoms with E-state index < -0.39 is 0 Å². The molecule has 0 fully saturated rings. The van der Waals surface area contributed by atoms with Crippen molar-refractivity contribution < 1.29 is 4.79 Å². The van der Waals surface area contributed by atoms with Gasteiger partial charge in [0.15, 0.2) is 0 Å². The van der Waals surface area contributed by atoms with E-state index in [4.69, 9.17) is 0 Å². The third-order valence-electron chi connectivity index (χ3n) is 4.32. The standard InChI is InChI=1S/C21H24N4OS/c1-4-16-6-9-19(10-7-16)27-24-20-11-18(8-5-15(20)2)21(26)22-12-17-13-23-25(3)14-17/h5-11,13-14,24H,4,12H2,1-3H3,(H,22,26). The van der Waals surface area contributed by atoms with Gasteiger partial charge in [0.2, 0.25) is 0 Å². The topological polar surface area (TPSA) is 59.0 Å². The largest absolute Gasteiger partial charge is 0.348 e. The van der Waals surface area contributed by atoms with E-state index in [1.165, 1.54) is 5.56 Å². The molecule has 0 aliphatic carbocycles. The molecule has 0 atom stereocenters. The Bertz CT molecular complexity index is 918. The van der Waals surface area contributed by atoms with Crippen molar-refractivity contribution in [3.63, 3.8) is 0 Å². The Labute approximate surface area is 164 Å². The van der Waals surface area contributed by atoms with Crippen LogP contribution < -0.4 is 10.0 Å². The molecule has 2 aromatic carbocycles. The number of benzene rings is 2. The number of rotatable bonds is 7. The quantitative estimate of drug-likeness (QED) is 0.599. The fourth-order valence-corrected chi connectivity index (χ4v) is 3.35. The van der Waals surface area contributed by atoms with Crippen LogP contribution in [0.4, 0.5) is 5.69 Å². The van der Waals surface area contributed by atoms with Gasteiger partial charge in [-0.1, -0.05) is 25.1 Å². The first-order valence-corrected chi connectivity index (χ1v) is 9.75. The van der Waals surface area contributed by atoms with E-state index in [1.54, 1.807) is 22.8 Å². The van der Waals surface area contributed by atoms with Crippen molar-refractivity contribution in [3.8, 4) is 0 Å². The minimum atomic E-state index is -0.0980. The number of carbonyl (C=O) groups is 1. The van der Waals surface area contributed by atoms with Crippen LogP contribution in [0.5, 0.6) is 0 Å². The molecule has 0 radical (unpaired) electrons. The Morgan fingerprint density at radius 1 is 1.15 bits per heavy atom. The highest BCUT2D eigenvalue weighted by molar-refractivity contribution is 8.00. The number of aromatic nitrogens is 2. The van der Waals surface area contributed by atoms with Crippen LogP contribution in [-0.4, -0.2) is 15.7 Å². The van der Waals surface area contributed by atoms with Crippen LogP contribution in [0.3, 0.4) is 0 Å². The van der Waals surface area contributed by atoms with Gasteiger partial charge in [0.25, 0.3) is 5.91 Å². The van der Waals surface area contributed by atoms with Crippen molar-refractivity contribution in [2.45, 2.75) is 31.7 Å². The zero-order chi connectivity index (χ0) is 19.2. The molecule has 2 N–H and O–H groups in total. The maximum atomic E-state index is 12.5. The summed E-state index contributed by atoms with van der Waals surface area (Å²) in [6.07, 6.45) is 4.68. The van der Waals surface area contributed by atoms with E-state index >= 15 is 0 Å². The lowest BCUT2D eigenvalue weighted by molar-refractivity contribution is 0.0951. The fraction of sp³-hybridized carbons (Fsp3) is 0.238. The van der Waals surface area contributed by atoms with E-state index in [0.29, 0.717) is 12.1 Å². The third-order valence-corrected chi connectivity index (χ3v) is 5.15. The summed E-state index contributed by atoms with van der Waals surface area (Å²) in [5, 5.41) is 7.04. The van der Waals surface area contributed by atoms with Gasteiger partial charge in [0.05, 0.1) is 6.20 Å². The Kier molecular flexibility index (Phi) is 6.19. The highest BCUT2D eigenvalue weighted by Gasteiger charge is 2.09. The molecule has 5 nitrogen and oxygen atoms in total. The van der Waals surface area contributed by atoms with Crippen LogP contribution in [0.2, 0.25) is 0 Å². The lowest BCUT2D eigenvalue weighted by atomic mass is 10.1. The summed E-state index contributed by atoms with van der Waals surface area (Å²) in [4.78, 5) is 13.6.